The molecule has 0 amide bonds. The van der Waals surface area contributed by atoms with Gasteiger partial charge in [0.15, 0.2) is 5.66 Å². The zero-order chi connectivity index (χ0) is 12.9. The quantitative estimate of drug-likeness (QED) is 0.543. The summed E-state index contributed by atoms with van der Waals surface area (Å²) in [6.45, 7) is 0. The van der Waals surface area contributed by atoms with Gasteiger partial charge in [-0.05, 0) is 12.1 Å². The maximum absolute atomic E-state index is 11.1. The van der Waals surface area contributed by atoms with Gasteiger partial charge in [-0.2, -0.15) is 0 Å². The molecule has 6 nitrogen and oxygen atoms in total. The van der Waals surface area contributed by atoms with Crippen LogP contribution < -0.4 is 11.1 Å². The lowest BCUT2D eigenvalue weighted by Crippen LogP contribution is -2.55. The highest BCUT2D eigenvalue weighted by Crippen LogP contribution is 2.16. The van der Waals surface area contributed by atoms with Gasteiger partial charge in [-0.15, -0.1) is 0 Å². The van der Waals surface area contributed by atoms with Crippen LogP contribution in [0.2, 0.25) is 0 Å². The van der Waals surface area contributed by atoms with Crippen molar-refractivity contribution >= 4 is 17.6 Å². The normalized spacial score (nSPS) is 13.7. The Bertz CT molecular complexity index is 407. The first kappa shape index (κ1) is 13.0. The van der Waals surface area contributed by atoms with Crippen molar-refractivity contribution in [1.29, 1.82) is 0 Å². The van der Waals surface area contributed by atoms with Gasteiger partial charge >= 0.3 is 11.9 Å². The Kier molecular flexibility index (Phi) is 4.06. The summed E-state index contributed by atoms with van der Waals surface area (Å²) < 4.78 is 0. The van der Waals surface area contributed by atoms with E-state index in [9.17, 15) is 9.59 Å². The van der Waals surface area contributed by atoms with Gasteiger partial charge < -0.3 is 15.5 Å². The van der Waals surface area contributed by atoms with Crippen molar-refractivity contribution in [1.82, 2.24) is 0 Å². The third-order valence-electron chi connectivity index (χ3n) is 2.26. The van der Waals surface area contributed by atoms with E-state index in [2.05, 4.69) is 5.32 Å². The number of nitrogens with two attached hydrogens (primary N) is 1. The number of benzene rings is 1. The number of para-hydroxylation sites is 1. The van der Waals surface area contributed by atoms with Gasteiger partial charge in [-0.25, -0.2) is 4.79 Å². The van der Waals surface area contributed by atoms with Gasteiger partial charge in [-0.1, -0.05) is 18.2 Å². The zero-order valence-corrected chi connectivity index (χ0v) is 9.09. The van der Waals surface area contributed by atoms with Gasteiger partial charge in [0.1, 0.15) is 0 Å². The summed E-state index contributed by atoms with van der Waals surface area (Å²) in [6.07, 6.45) is -0.519. The monoisotopic (exact) mass is 238 g/mol. The second kappa shape index (κ2) is 5.31. The fourth-order valence-corrected chi connectivity index (χ4v) is 1.31. The fraction of sp³-hybridized carbons (Fsp3) is 0.273. The fourth-order valence-electron chi connectivity index (χ4n) is 1.31. The predicted octanol–water partition coefficient (Wildman–Crippen LogP) is 0.703. The Labute approximate surface area is 98.1 Å². The van der Waals surface area contributed by atoms with Crippen molar-refractivity contribution in [2.45, 2.75) is 18.5 Å². The van der Waals surface area contributed by atoms with Crippen LogP contribution in [0.1, 0.15) is 12.8 Å². The van der Waals surface area contributed by atoms with Crippen molar-refractivity contribution in [2.24, 2.45) is 5.73 Å². The van der Waals surface area contributed by atoms with E-state index in [0.29, 0.717) is 5.69 Å². The Morgan fingerprint density at radius 1 is 1.24 bits per heavy atom. The van der Waals surface area contributed by atoms with Gasteiger partial charge in [0.25, 0.3) is 0 Å². The highest BCUT2D eigenvalue weighted by molar-refractivity contribution is 5.82. The van der Waals surface area contributed by atoms with Crippen LogP contribution >= 0.6 is 0 Å². The Morgan fingerprint density at radius 3 is 2.29 bits per heavy atom. The number of anilines is 1. The Morgan fingerprint density at radius 2 is 1.82 bits per heavy atom. The van der Waals surface area contributed by atoms with Crippen molar-refractivity contribution in [3.05, 3.63) is 30.3 Å². The summed E-state index contributed by atoms with van der Waals surface area (Å²) >= 11 is 0. The number of carbonyl (C=O) groups is 2. The molecule has 6 heteroatoms. The summed E-state index contributed by atoms with van der Waals surface area (Å²) in [7, 11) is 0. The van der Waals surface area contributed by atoms with Crippen molar-refractivity contribution in [2.75, 3.05) is 5.32 Å². The second-order valence-electron chi connectivity index (χ2n) is 3.66. The number of rotatable bonds is 6. The standard InChI is InChI=1S/C11H14N2O4/c12-11(10(16)17,7-6-9(14)15)13-8-4-2-1-3-5-8/h1-5,13H,6-7,12H2,(H,14,15)(H,16,17)/t11-/m1/s1. The lowest BCUT2D eigenvalue weighted by molar-refractivity contribution is -0.143. The topological polar surface area (TPSA) is 113 Å². The molecule has 0 bridgehead atoms. The number of carboxylic acid groups (broad SMARTS) is 2. The molecule has 0 aliphatic rings. The predicted molar refractivity (Wildman–Crippen MR) is 61.5 cm³/mol. The first-order valence-electron chi connectivity index (χ1n) is 5.01. The first-order chi connectivity index (χ1) is 7.94. The van der Waals surface area contributed by atoms with E-state index in [1.165, 1.54) is 0 Å². The van der Waals surface area contributed by atoms with E-state index >= 15 is 0 Å². The van der Waals surface area contributed by atoms with Gasteiger partial charge in [0.2, 0.25) is 0 Å². The molecule has 1 atom stereocenters. The van der Waals surface area contributed by atoms with E-state index in [4.69, 9.17) is 15.9 Å². The summed E-state index contributed by atoms with van der Waals surface area (Å²) in [4.78, 5) is 21.5. The summed E-state index contributed by atoms with van der Waals surface area (Å²) in [5.74, 6) is -2.38. The molecule has 0 aliphatic carbocycles. The summed E-state index contributed by atoms with van der Waals surface area (Å²) in [5.41, 5.74) is 4.40. The third-order valence-corrected chi connectivity index (χ3v) is 2.26. The molecule has 17 heavy (non-hydrogen) atoms. The molecule has 0 saturated heterocycles. The molecule has 0 aromatic heterocycles. The second-order valence-corrected chi connectivity index (χ2v) is 3.66. The van der Waals surface area contributed by atoms with Gasteiger partial charge in [0.05, 0.1) is 0 Å². The average molecular weight is 238 g/mol. The van der Waals surface area contributed by atoms with Gasteiger partial charge in [-0.3, -0.25) is 10.5 Å². The van der Waals surface area contributed by atoms with Crippen LogP contribution in [0.4, 0.5) is 5.69 Å². The number of hydrogen-bond acceptors (Lipinski definition) is 4. The third kappa shape index (κ3) is 3.76. The average Bonchev–Trinajstić information content (AvgIpc) is 2.27. The van der Waals surface area contributed by atoms with E-state index in [-0.39, 0.29) is 12.8 Å². The van der Waals surface area contributed by atoms with Crippen LogP contribution in [0.5, 0.6) is 0 Å². The first-order valence-corrected chi connectivity index (χ1v) is 5.01. The molecule has 5 N–H and O–H groups in total. The number of carboxylic acids is 2. The molecular weight excluding hydrogens is 224 g/mol. The molecule has 0 heterocycles. The van der Waals surface area contributed by atoms with E-state index in [0.717, 1.165) is 0 Å². The largest absolute Gasteiger partial charge is 0.481 e. The number of hydrogen-bond donors (Lipinski definition) is 4. The SMILES string of the molecule is N[C@](CCC(=O)O)(Nc1ccccc1)C(=O)O. The van der Waals surface area contributed by atoms with E-state index in [1.807, 2.05) is 0 Å². The van der Waals surface area contributed by atoms with Crippen molar-refractivity contribution in [3.8, 4) is 0 Å². The molecule has 0 aliphatic heterocycles. The summed E-state index contributed by atoms with van der Waals surface area (Å²) in [5, 5.41) is 20.2. The molecule has 1 aromatic rings. The van der Waals surface area contributed by atoms with Crippen LogP contribution in [0.3, 0.4) is 0 Å². The smallest absolute Gasteiger partial charge is 0.344 e. The lowest BCUT2D eigenvalue weighted by atomic mass is 10.0. The highest BCUT2D eigenvalue weighted by atomic mass is 16.4. The molecule has 1 rings (SSSR count). The van der Waals surface area contributed by atoms with Crippen LogP contribution in [0.15, 0.2) is 30.3 Å². The zero-order valence-electron chi connectivity index (χ0n) is 9.09. The maximum atomic E-state index is 11.1. The Hall–Kier alpha value is -2.08. The van der Waals surface area contributed by atoms with Crippen LogP contribution in [-0.4, -0.2) is 27.8 Å². The molecule has 0 saturated carbocycles. The van der Waals surface area contributed by atoms with Crippen LogP contribution in [0, 0.1) is 0 Å². The van der Waals surface area contributed by atoms with Crippen molar-refractivity contribution in [3.63, 3.8) is 0 Å². The van der Waals surface area contributed by atoms with E-state index in [1.54, 1.807) is 30.3 Å². The molecule has 1 aromatic carbocycles. The van der Waals surface area contributed by atoms with Crippen LogP contribution in [0.25, 0.3) is 0 Å². The molecular formula is C11H14N2O4. The summed E-state index contributed by atoms with van der Waals surface area (Å²) in [6, 6.07) is 8.54. The minimum absolute atomic E-state index is 0.202. The lowest BCUT2D eigenvalue weighted by Gasteiger charge is -2.26. The Balaban J connectivity index is 2.78. The van der Waals surface area contributed by atoms with Crippen LogP contribution in [-0.2, 0) is 9.59 Å². The maximum Gasteiger partial charge on any atom is 0.344 e. The highest BCUT2D eigenvalue weighted by Gasteiger charge is 2.34. The van der Waals surface area contributed by atoms with Gasteiger partial charge in [0, 0.05) is 18.5 Å². The molecule has 0 fully saturated rings. The molecule has 0 unspecified atom stereocenters. The molecule has 0 spiro atoms. The van der Waals surface area contributed by atoms with Crippen molar-refractivity contribution < 1.29 is 19.8 Å². The molecule has 0 radical (unpaired) electrons. The number of aliphatic carboxylic acids is 2. The molecule has 92 valence electrons. The minimum Gasteiger partial charge on any atom is -0.481 e. The number of nitrogens with one attached hydrogen (secondary N) is 1. The minimum atomic E-state index is -1.78. The van der Waals surface area contributed by atoms with E-state index < -0.39 is 17.6 Å².